The number of rotatable bonds is 12. The third-order valence-electron chi connectivity index (χ3n) is 9.23. The van der Waals surface area contributed by atoms with Crippen molar-refractivity contribution in [2.45, 2.75) is 129 Å². The summed E-state index contributed by atoms with van der Waals surface area (Å²) >= 11 is 7.86. The summed E-state index contributed by atoms with van der Waals surface area (Å²) in [6.07, 6.45) is 0. The first kappa shape index (κ1) is 34.8. The van der Waals surface area contributed by atoms with Crippen LogP contribution in [0.4, 0.5) is 0 Å². The third kappa shape index (κ3) is 6.84. The molecule has 0 saturated carbocycles. The minimum atomic E-state index is -2.14. The van der Waals surface area contributed by atoms with Crippen LogP contribution in [0, 0.1) is 0 Å². The van der Waals surface area contributed by atoms with Gasteiger partial charge in [-0.15, -0.1) is 0 Å². The molecular formula is C32H54Br2O2Si3. The topological polar surface area (TPSA) is 18.5 Å². The lowest BCUT2D eigenvalue weighted by Crippen LogP contribution is -2.55. The molecule has 2 rings (SSSR count). The molecule has 0 aliphatic carbocycles. The van der Waals surface area contributed by atoms with E-state index in [1.807, 2.05) is 0 Å². The Morgan fingerprint density at radius 1 is 0.487 bits per heavy atom. The van der Waals surface area contributed by atoms with Gasteiger partial charge in [0.15, 0.2) is 0 Å². The van der Waals surface area contributed by atoms with Gasteiger partial charge >= 0.3 is 0 Å². The van der Waals surface area contributed by atoms with Crippen LogP contribution in [-0.2, 0) is 0 Å². The molecule has 0 aromatic heterocycles. The Hall–Kier alpha value is -0.349. The molecule has 0 fully saturated rings. The smallest absolute Gasteiger partial charge is 0.258 e. The normalized spacial score (nSPS) is 13.5. The monoisotopic (exact) mass is 712 g/mol. The molecule has 0 unspecified atom stereocenters. The van der Waals surface area contributed by atoms with E-state index in [0.29, 0.717) is 33.2 Å². The van der Waals surface area contributed by atoms with Crippen molar-refractivity contribution in [3.8, 4) is 11.5 Å². The molecule has 39 heavy (non-hydrogen) atoms. The summed E-state index contributed by atoms with van der Waals surface area (Å²) in [5, 5.41) is 2.72. The van der Waals surface area contributed by atoms with Crippen LogP contribution in [0.1, 0.15) is 83.1 Å². The SMILES string of the molecule is CC(C)[Si](Oc1ccc(Br)c([Si](C)(C)c2cc(O[Si](C(C)C)(C(C)C)C(C)C)ccc2Br)c1)(C(C)C)C(C)C. The van der Waals surface area contributed by atoms with Crippen LogP contribution >= 0.6 is 31.9 Å². The third-order valence-corrected chi connectivity index (χ3v) is 26.9. The Bertz CT molecular complexity index is 982. The van der Waals surface area contributed by atoms with Gasteiger partial charge in [-0.05, 0) is 80.0 Å². The lowest BCUT2D eigenvalue weighted by molar-refractivity contribution is 0.480. The molecule has 0 N–H and O–H groups in total. The summed E-state index contributed by atoms with van der Waals surface area (Å²) in [5.41, 5.74) is 3.20. The second-order valence-electron chi connectivity index (χ2n) is 13.7. The Kier molecular flexibility index (Phi) is 11.9. The summed E-state index contributed by atoms with van der Waals surface area (Å²) in [4.78, 5) is 0. The van der Waals surface area contributed by atoms with Crippen molar-refractivity contribution >= 4 is 66.9 Å². The van der Waals surface area contributed by atoms with E-state index in [9.17, 15) is 0 Å². The van der Waals surface area contributed by atoms with E-state index >= 15 is 0 Å². The first-order chi connectivity index (χ1) is 17.8. The van der Waals surface area contributed by atoms with Crippen molar-refractivity contribution < 1.29 is 8.85 Å². The van der Waals surface area contributed by atoms with Crippen LogP contribution in [0.2, 0.25) is 46.3 Å². The fraction of sp³-hybridized carbons (Fsp3) is 0.625. The minimum absolute atomic E-state index is 0.533. The molecule has 0 aliphatic rings. The number of halogens is 2. The Morgan fingerprint density at radius 3 is 0.974 bits per heavy atom. The molecule has 2 aromatic rings. The second kappa shape index (κ2) is 13.3. The number of hydrogen-bond donors (Lipinski definition) is 0. The van der Waals surface area contributed by atoms with Crippen molar-refractivity contribution in [1.82, 2.24) is 0 Å². The van der Waals surface area contributed by atoms with Crippen LogP contribution in [0.15, 0.2) is 45.3 Å². The van der Waals surface area contributed by atoms with Crippen LogP contribution in [-0.4, -0.2) is 24.7 Å². The molecule has 2 nitrogen and oxygen atoms in total. The fourth-order valence-corrected chi connectivity index (χ4v) is 24.0. The summed E-state index contributed by atoms with van der Waals surface area (Å²) in [6, 6.07) is 13.4. The minimum Gasteiger partial charge on any atom is -0.543 e. The van der Waals surface area contributed by atoms with Gasteiger partial charge in [0.1, 0.15) is 19.6 Å². The second-order valence-corrected chi connectivity index (χ2v) is 30.5. The zero-order valence-electron chi connectivity index (χ0n) is 27.0. The molecule has 0 amide bonds. The summed E-state index contributed by atoms with van der Waals surface area (Å²) < 4.78 is 16.6. The largest absolute Gasteiger partial charge is 0.543 e. The van der Waals surface area contributed by atoms with Gasteiger partial charge in [0.2, 0.25) is 0 Å². The van der Waals surface area contributed by atoms with Gasteiger partial charge < -0.3 is 8.85 Å². The standard InChI is InChI=1S/C32H54Br2O2Si3/c1-21(2)38(22(3)4,23(5)6)35-27-15-17-29(33)31(19-27)37(13,14)32-20-28(16-18-30(32)34)36-39(24(7)8,25(9)10)26(11)12/h15-26H,1-14H3. The molecule has 0 radical (unpaired) electrons. The van der Waals surface area contributed by atoms with Gasteiger partial charge in [-0.25, -0.2) is 0 Å². The van der Waals surface area contributed by atoms with Gasteiger partial charge in [-0.2, -0.15) is 0 Å². The maximum Gasteiger partial charge on any atom is 0.258 e. The van der Waals surface area contributed by atoms with Crippen molar-refractivity contribution in [2.24, 2.45) is 0 Å². The fourth-order valence-electron chi connectivity index (χ4n) is 7.35. The predicted octanol–water partition coefficient (Wildman–Crippen LogP) is 11.1. The Morgan fingerprint density at radius 2 is 0.744 bits per heavy atom. The van der Waals surface area contributed by atoms with Crippen LogP contribution in [0.5, 0.6) is 11.5 Å². The van der Waals surface area contributed by atoms with E-state index < -0.39 is 24.7 Å². The Balaban J connectivity index is 2.63. The van der Waals surface area contributed by atoms with Crippen molar-refractivity contribution in [3.63, 3.8) is 0 Å². The maximum absolute atomic E-state index is 7.12. The van der Waals surface area contributed by atoms with E-state index in [4.69, 9.17) is 8.85 Å². The lowest BCUT2D eigenvalue weighted by atomic mass is 10.3. The van der Waals surface area contributed by atoms with E-state index in [0.717, 1.165) is 20.4 Å². The first-order valence-electron chi connectivity index (χ1n) is 14.8. The average molecular weight is 715 g/mol. The zero-order chi connectivity index (χ0) is 30.1. The van der Waals surface area contributed by atoms with Crippen molar-refractivity contribution in [3.05, 3.63) is 45.3 Å². The first-order valence-corrected chi connectivity index (χ1v) is 23.7. The number of benzene rings is 2. The van der Waals surface area contributed by atoms with Crippen molar-refractivity contribution in [2.75, 3.05) is 0 Å². The molecule has 0 aliphatic heterocycles. The quantitative estimate of drug-likeness (QED) is 0.204. The van der Waals surface area contributed by atoms with Gasteiger partial charge in [0.25, 0.3) is 16.6 Å². The Labute approximate surface area is 260 Å². The van der Waals surface area contributed by atoms with E-state index in [2.05, 4.69) is 164 Å². The number of hydrogen-bond acceptors (Lipinski definition) is 2. The van der Waals surface area contributed by atoms with Gasteiger partial charge in [0.05, 0.1) is 0 Å². The molecular weight excluding hydrogens is 660 g/mol. The van der Waals surface area contributed by atoms with Crippen LogP contribution in [0.25, 0.3) is 0 Å². The average Bonchev–Trinajstić information content (AvgIpc) is 2.81. The highest BCUT2D eigenvalue weighted by atomic mass is 79.9. The van der Waals surface area contributed by atoms with E-state index in [-0.39, 0.29) is 0 Å². The molecule has 220 valence electrons. The maximum atomic E-state index is 7.12. The molecule has 0 heterocycles. The van der Waals surface area contributed by atoms with Crippen LogP contribution in [0.3, 0.4) is 0 Å². The van der Waals surface area contributed by atoms with Crippen molar-refractivity contribution in [1.29, 1.82) is 0 Å². The summed E-state index contributed by atoms with van der Waals surface area (Å²) in [5.74, 6) is 2.04. The highest BCUT2D eigenvalue weighted by Crippen LogP contribution is 2.44. The van der Waals surface area contributed by atoms with Gasteiger partial charge in [0, 0.05) is 8.95 Å². The predicted molar refractivity (Wildman–Crippen MR) is 188 cm³/mol. The highest BCUT2D eigenvalue weighted by molar-refractivity contribution is 9.11. The lowest BCUT2D eigenvalue weighted by Gasteiger charge is -2.42. The van der Waals surface area contributed by atoms with E-state index in [1.54, 1.807) is 0 Å². The highest BCUT2D eigenvalue weighted by Gasteiger charge is 2.48. The van der Waals surface area contributed by atoms with Gasteiger partial charge in [-0.3, -0.25) is 0 Å². The molecule has 7 heteroatoms. The molecule has 0 spiro atoms. The molecule has 0 saturated heterocycles. The summed E-state index contributed by atoms with van der Waals surface area (Å²) in [7, 11) is -6.25. The van der Waals surface area contributed by atoms with Crippen LogP contribution < -0.4 is 19.2 Å². The van der Waals surface area contributed by atoms with Gasteiger partial charge in [-0.1, -0.05) is 128 Å². The molecule has 0 atom stereocenters. The molecule has 0 bridgehead atoms. The van der Waals surface area contributed by atoms with E-state index in [1.165, 1.54) is 10.4 Å². The molecule has 2 aromatic carbocycles. The zero-order valence-corrected chi connectivity index (χ0v) is 33.2. The summed E-state index contributed by atoms with van der Waals surface area (Å²) in [6.45, 7) is 33.1.